The van der Waals surface area contributed by atoms with Crippen molar-refractivity contribution in [2.75, 3.05) is 22.0 Å². The highest BCUT2D eigenvalue weighted by atomic mass is 32.2. The summed E-state index contributed by atoms with van der Waals surface area (Å²) in [7, 11) is -2.66. The van der Waals surface area contributed by atoms with Crippen molar-refractivity contribution < 1.29 is 22.7 Å². The molecule has 0 fully saturated rings. The van der Waals surface area contributed by atoms with Crippen LogP contribution in [0.1, 0.15) is 12.0 Å². The first-order valence-electron chi connectivity index (χ1n) is 10.2. The molecular weight excluding hydrogens is 442 g/mol. The van der Waals surface area contributed by atoms with Crippen LogP contribution in [0.3, 0.4) is 0 Å². The standard InChI is InChI=1S/C24H23N3O5S/c1-16-11-13-17(14-12-16)33(30,31)27-20-9-5-3-7-18(20)26-24(29)21(27)15-23(28)25-19-8-4-6-10-22(19)32-2/h3-14,21H,15H2,1-2H3,(H,25,28)(H,26,29)/t21-/m0/s1. The molecular formula is C24H23N3O5S. The number of fused-ring (bicyclic) bond motifs is 1. The smallest absolute Gasteiger partial charge is 0.265 e. The molecule has 0 spiro atoms. The lowest BCUT2D eigenvalue weighted by molar-refractivity contribution is -0.122. The molecule has 9 heteroatoms. The first-order chi connectivity index (χ1) is 15.8. The van der Waals surface area contributed by atoms with Crippen LogP contribution >= 0.6 is 0 Å². The predicted molar refractivity (Wildman–Crippen MR) is 126 cm³/mol. The number of hydrogen-bond acceptors (Lipinski definition) is 5. The van der Waals surface area contributed by atoms with E-state index in [9.17, 15) is 18.0 Å². The minimum absolute atomic E-state index is 0.0349. The van der Waals surface area contributed by atoms with E-state index in [-0.39, 0.29) is 11.3 Å². The van der Waals surface area contributed by atoms with Crippen molar-refractivity contribution in [3.05, 3.63) is 78.4 Å². The number of hydrogen-bond donors (Lipinski definition) is 2. The Hall–Kier alpha value is -3.85. The molecule has 0 saturated carbocycles. The monoisotopic (exact) mass is 465 g/mol. The number of methoxy groups -OCH3 is 1. The predicted octanol–water partition coefficient (Wildman–Crippen LogP) is 3.55. The Labute approximate surface area is 192 Å². The van der Waals surface area contributed by atoms with E-state index >= 15 is 0 Å². The maximum Gasteiger partial charge on any atom is 0.265 e. The third-order valence-corrected chi connectivity index (χ3v) is 7.16. The van der Waals surface area contributed by atoms with E-state index in [1.807, 2.05) is 6.92 Å². The van der Waals surface area contributed by atoms with Crippen molar-refractivity contribution in [2.24, 2.45) is 0 Å². The van der Waals surface area contributed by atoms with Crippen LogP contribution in [0.15, 0.2) is 77.7 Å². The lowest BCUT2D eigenvalue weighted by Gasteiger charge is -2.36. The fourth-order valence-corrected chi connectivity index (χ4v) is 5.31. The SMILES string of the molecule is COc1ccccc1NC(=O)C[C@H]1C(=O)Nc2ccccc2N1S(=O)(=O)c1ccc(C)cc1. The molecule has 2 N–H and O–H groups in total. The molecule has 1 aliphatic heterocycles. The summed E-state index contributed by atoms with van der Waals surface area (Å²) in [6, 6.07) is 18.5. The van der Waals surface area contributed by atoms with Gasteiger partial charge < -0.3 is 15.4 Å². The molecule has 2 amide bonds. The van der Waals surface area contributed by atoms with Gasteiger partial charge in [0.15, 0.2) is 0 Å². The summed E-state index contributed by atoms with van der Waals surface area (Å²) in [5.41, 5.74) is 1.99. The van der Waals surface area contributed by atoms with Crippen molar-refractivity contribution in [3.8, 4) is 5.75 Å². The maximum absolute atomic E-state index is 13.7. The number of nitrogens with zero attached hydrogens (tertiary/aromatic N) is 1. The summed E-state index contributed by atoms with van der Waals surface area (Å²) in [6.45, 7) is 1.85. The molecule has 1 heterocycles. The Morgan fingerprint density at radius 2 is 1.70 bits per heavy atom. The minimum atomic E-state index is -4.14. The van der Waals surface area contributed by atoms with E-state index in [2.05, 4.69) is 10.6 Å². The van der Waals surface area contributed by atoms with Crippen LogP contribution in [0, 0.1) is 6.92 Å². The molecule has 0 radical (unpaired) electrons. The van der Waals surface area contributed by atoms with Crippen LogP contribution in [-0.2, 0) is 19.6 Å². The molecule has 0 aromatic heterocycles. The van der Waals surface area contributed by atoms with Gasteiger partial charge in [0.1, 0.15) is 11.8 Å². The van der Waals surface area contributed by atoms with Crippen molar-refractivity contribution in [1.29, 1.82) is 0 Å². The van der Waals surface area contributed by atoms with Gasteiger partial charge >= 0.3 is 0 Å². The van der Waals surface area contributed by atoms with E-state index in [1.165, 1.54) is 19.2 Å². The third kappa shape index (κ3) is 4.40. The quantitative estimate of drug-likeness (QED) is 0.579. The number of amides is 2. The zero-order chi connectivity index (χ0) is 23.6. The summed E-state index contributed by atoms with van der Waals surface area (Å²) >= 11 is 0. The fraction of sp³-hybridized carbons (Fsp3) is 0.167. The summed E-state index contributed by atoms with van der Waals surface area (Å²) in [4.78, 5) is 25.9. The first kappa shape index (κ1) is 22.3. The third-order valence-electron chi connectivity index (χ3n) is 5.32. The molecule has 8 nitrogen and oxygen atoms in total. The highest BCUT2D eigenvalue weighted by Crippen LogP contribution is 2.37. The summed E-state index contributed by atoms with van der Waals surface area (Å²) in [5.74, 6) is -0.656. The Morgan fingerprint density at radius 1 is 1.03 bits per heavy atom. The van der Waals surface area contributed by atoms with E-state index in [0.717, 1.165) is 9.87 Å². The van der Waals surface area contributed by atoms with Crippen LogP contribution in [0.25, 0.3) is 0 Å². The molecule has 0 bridgehead atoms. The van der Waals surface area contributed by atoms with Gasteiger partial charge in [-0.2, -0.15) is 0 Å². The topological polar surface area (TPSA) is 105 Å². The van der Waals surface area contributed by atoms with Gasteiger partial charge in [0.2, 0.25) is 11.8 Å². The molecule has 170 valence electrons. The lowest BCUT2D eigenvalue weighted by Crippen LogP contribution is -2.52. The van der Waals surface area contributed by atoms with Crippen molar-refractivity contribution in [1.82, 2.24) is 0 Å². The Bertz CT molecular complexity index is 1310. The van der Waals surface area contributed by atoms with Gasteiger partial charge in [-0.3, -0.25) is 13.9 Å². The van der Waals surface area contributed by atoms with E-state index in [1.54, 1.807) is 60.7 Å². The molecule has 0 aliphatic carbocycles. The number of benzene rings is 3. The van der Waals surface area contributed by atoms with Gasteiger partial charge in [0, 0.05) is 0 Å². The normalized spacial score (nSPS) is 15.4. The Morgan fingerprint density at radius 3 is 2.42 bits per heavy atom. The van der Waals surface area contributed by atoms with E-state index in [0.29, 0.717) is 22.8 Å². The molecule has 1 atom stereocenters. The minimum Gasteiger partial charge on any atom is -0.495 e. The molecule has 1 aliphatic rings. The average Bonchev–Trinajstić information content (AvgIpc) is 2.80. The molecule has 0 saturated heterocycles. The van der Waals surface area contributed by atoms with Crippen LogP contribution < -0.4 is 19.7 Å². The van der Waals surface area contributed by atoms with Crippen molar-refractivity contribution >= 4 is 38.9 Å². The second-order valence-electron chi connectivity index (χ2n) is 7.59. The second kappa shape index (κ2) is 8.95. The van der Waals surface area contributed by atoms with E-state index < -0.39 is 27.9 Å². The number of nitrogens with one attached hydrogen (secondary N) is 2. The van der Waals surface area contributed by atoms with Crippen LogP contribution in [0.2, 0.25) is 0 Å². The lowest BCUT2D eigenvalue weighted by atomic mass is 10.1. The molecule has 33 heavy (non-hydrogen) atoms. The molecule has 0 unspecified atom stereocenters. The summed E-state index contributed by atoms with van der Waals surface area (Å²) in [6.07, 6.45) is -0.386. The number of ether oxygens (including phenoxy) is 1. The summed E-state index contributed by atoms with van der Waals surface area (Å²) in [5, 5.41) is 5.42. The first-order valence-corrected chi connectivity index (χ1v) is 11.7. The molecule has 4 rings (SSSR count). The zero-order valence-corrected chi connectivity index (χ0v) is 18.9. The number of rotatable bonds is 6. The number of para-hydroxylation sites is 4. The van der Waals surface area contributed by atoms with Crippen LogP contribution in [0.5, 0.6) is 5.75 Å². The van der Waals surface area contributed by atoms with Gasteiger partial charge in [0.25, 0.3) is 10.0 Å². The van der Waals surface area contributed by atoms with Crippen molar-refractivity contribution in [3.63, 3.8) is 0 Å². The van der Waals surface area contributed by atoms with Gasteiger partial charge in [-0.15, -0.1) is 0 Å². The van der Waals surface area contributed by atoms with Gasteiger partial charge in [-0.05, 0) is 43.3 Å². The highest BCUT2D eigenvalue weighted by Gasteiger charge is 2.42. The Balaban J connectivity index is 1.71. The van der Waals surface area contributed by atoms with Crippen LogP contribution in [0.4, 0.5) is 17.1 Å². The zero-order valence-electron chi connectivity index (χ0n) is 18.1. The van der Waals surface area contributed by atoms with Gasteiger partial charge in [-0.1, -0.05) is 42.0 Å². The number of carbonyl (C=O) groups excluding carboxylic acids is 2. The Kier molecular flexibility index (Phi) is 6.06. The van der Waals surface area contributed by atoms with Gasteiger partial charge in [-0.25, -0.2) is 8.42 Å². The number of aryl methyl sites for hydroxylation is 1. The highest BCUT2D eigenvalue weighted by molar-refractivity contribution is 7.93. The molecule has 3 aromatic carbocycles. The molecule has 3 aromatic rings. The average molecular weight is 466 g/mol. The van der Waals surface area contributed by atoms with Gasteiger partial charge in [0.05, 0.1) is 35.5 Å². The van der Waals surface area contributed by atoms with E-state index in [4.69, 9.17) is 4.74 Å². The second-order valence-corrected chi connectivity index (χ2v) is 9.40. The largest absolute Gasteiger partial charge is 0.495 e. The number of carbonyl (C=O) groups is 2. The maximum atomic E-state index is 13.7. The number of anilines is 3. The van der Waals surface area contributed by atoms with Crippen LogP contribution in [-0.4, -0.2) is 33.4 Å². The van der Waals surface area contributed by atoms with Crippen molar-refractivity contribution in [2.45, 2.75) is 24.3 Å². The number of sulfonamides is 1. The fourth-order valence-electron chi connectivity index (χ4n) is 3.68. The summed E-state index contributed by atoms with van der Waals surface area (Å²) < 4.78 is 33.6.